The average molecular weight is 324 g/mol. The highest BCUT2D eigenvalue weighted by Gasteiger charge is 2.11. The summed E-state index contributed by atoms with van der Waals surface area (Å²) in [6, 6.07) is 7.84. The van der Waals surface area contributed by atoms with Crippen molar-refractivity contribution in [1.82, 2.24) is 14.5 Å². The van der Waals surface area contributed by atoms with E-state index in [9.17, 15) is 0 Å². The van der Waals surface area contributed by atoms with Crippen LogP contribution in [-0.4, -0.2) is 21.1 Å². The van der Waals surface area contributed by atoms with E-state index in [0.29, 0.717) is 6.61 Å². The Bertz CT molecular complexity index is 854. The van der Waals surface area contributed by atoms with Crippen LogP contribution >= 0.6 is 0 Å². The van der Waals surface area contributed by atoms with Crippen molar-refractivity contribution in [3.63, 3.8) is 0 Å². The van der Waals surface area contributed by atoms with Gasteiger partial charge in [0, 0.05) is 18.3 Å². The first-order valence-electron chi connectivity index (χ1n) is 8.39. The van der Waals surface area contributed by atoms with Gasteiger partial charge in [0.2, 0.25) is 0 Å². The molecule has 2 N–H and O–H groups in total. The fraction of sp³-hybridized carbons (Fsp3) is 0.368. The van der Waals surface area contributed by atoms with Crippen LogP contribution < -0.4 is 10.5 Å². The molecule has 0 bridgehead atoms. The maximum absolute atomic E-state index is 5.89. The van der Waals surface area contributed by atoms with Gasteiger partial charge >= 0.3 is 0 Å². The van der Waals surface area contributed by atoms with Crippen LogP contribution in [-0.2, 0) is 13.0 Å². The standard InChI is InChI=1S/C19H24N4O/c1-4-5-18-22-17-10-13(2)12-21-19(17)23(18)8-9-24-15-6-7-16(20)14(3)11-15/h6-7,10-12H,4-5,8-9,20H2,1-3H3. The van der Waals surface area contributed by atoms with E-state index >= 15 is 0 Å². The van der Waals surface area contributed by atoms with Crippen molar-refractivity contribution in [2.75, 3.05) is 12.3 Å². The third kappa shape index (κ3) is 3.35. The van der Waals surface area contributed by atoms with E-state index in [2.05, 4.69) is 22.5 Å². The quantitative estimate of drug-likeness (QED) is 0.703. The fourth-order valence-corrected chi connectivity index (χ4v) is 2.80. The summed E-state index contributed by atoms with van der Waals surface area (Å²) in [6.45, 7) is 7.48. The molecule has 3 rings (SSSR count). The van der Waals surface area contributed by atoms with Crippen molar-refractivity contribution < 1.29 is 4.74 Å². The summed E-state index contributed by atoms with van der Waals surface area (Å²) >= 11 is 0. The molecule has 2 aromatic heterocycles. The van der Waals surface area contributed by atoms with Crippen molar-refractivity contribution in [3.05, 3.63) is 47.4 Å². The lowest BCUT2D eigenvalue weighted by atomic mass is 10.2. The summed E-state index contributed by atoms with van der Waals surface area (Å²) in [5, 5.41) is 0. The zero-order valence-electron chi connectivity index (χ0n) is 14.5. The van der Waals surface area contributed by atoms with Crippen LogP contribution in [0.15, 0.2) is 30.5 Å². The third-order valence-corrected chi connectivity index (χ3v) is 4.10. The number of hydrogen-bond acceptors (Lipinski definition) is 4. The number of fused-ring (bicyclic) bond motifs is 1. The zero-order chi connectivity index (χ0) is 17.1. The molecule has 5 nitrogen and oxygen atoms in total. The summed E-state index contributed by atoms with van der Waals surface area (Å²) < 4.78 is 8.06. The van der Waals surface area contributed by atoms with E-state index in [-0.39, 0.29) is 0 Å². The van der Waals surface area contributed by atoms with Crippen molar-refractivity contribution in [1.29, 1.82) is 0 Å². The molecule has 3 aromatic rings. The van der Waals surface area contributed by atoms with Gasteiger partial charge in [-0.1, -0.05) is 6.92 Å². The summed E-state index contributed by atoms with van der Waals surface area (Å²) in [4.78, 5) is 9.31. The second-order valence-corrected chi connectivity index (χ2v) is 6.15. The van der Waals surface area contributed by atoms with Gasteiger partial charge in [-0.2, -0.15) is 0 Å². The Labute approximate surface area is 142 Å². The number of nitrogens with two attached hydrogens (primary N) is 1. The number of hydrogen-bond donors (Lipinski definition) is 1. The zero-order valence-corrected chi connectivity index (χ0v) is 14.5. The van der Waals surface area contributed by atoms with Gasteiger partial charge in [-0.05, 0) is 55.7 Å². The molecule has 0 aliphatic heterocycles. The second-order valence-electron chi connectivity index (χ2n) is 6.15. The first-order valence-corrected chi connectivity index (χ1v) is 8.39. The van der Waals surface area contributed by atoms with Gasteiger partial charge in [-0.25, -0.2) is 9.97 Å². The van der Waals surface area contributed by atoms with Crippen LogP contribution in [0, 0.1) is 13.8 Å². The minimum absolute atomic E-state index is 0.571. The van der Waals surface area contributed by atoms with Gasteiger partial charge in [0.25, 0.3) is 0 Å². The lowest BCUT2D eigenvalue weighted by Gasteiger charge is -2.11. The summed E-state index contributed by atoms with van der Waals surface area (Å²) in [6.07, 6.45) is 3.89. The SMILES string of the molecule is CCCc1nc2cc(C)cnc2n1CCOc1ccc(N)c(C)c1. The summed E-state index contributed by atoms with van der Waals surface area (Å²) in [7, 11) is 0. The number of imidazole rings is 1. The number of aryl methyl sites for hydroxylation is 3. The van der Waals surface area contributed by atoms with Gasteiger partial charge < -0.3 is 15.0 Å². The first kappa shape index (κ1) is 16.3. The smallest absolute Gasteiger partial charge is 0.160 e. The summed E-state index contributed by atoms with van der Waals surface area (Å²) in [5.74, 6) is 1.91. The molecule has 0 fully saturated rings. The summed E-state index contributed by atoms with van der Waals surface area (Å²) in [5.41, 5.74) is 10.7. The molecule has 0 amide bonds. The Hall–Kier alpha value is -2.56. The molecule has 0 saturated carbocycles. The van der Waals surface area contributed by atoms with Gasteiger partial charge in [-0.3, -0.25) is 0 Å². The minimum atomic E-state index is 0.571. The number of anilines is 1. The van der Waals surface area contributed by atoms with Crippen LogP contribution in [0.5, 0.6) is 5.75 Å². The maximum Gasteiger partial charge on any atom is 0.160 e. The number of aromatic nitrogens is 3. The largest absolute Gasteiger partial charge is 0.492 e. The number of benzene rings is 1. The van der Waals surface area contributed by atoms with Gasteiger partial charge in [-0.15, -0.1) is 0 Å². The van der Waals surface area contributed by atoms with Crippen molar-refractivity contribution >= 4 is 16.9 Å². The molecule has 5 heteroatoms. The number of nitrogens with zero attached hydrogens (tertiary/aromatic N) is 3. The monoisotopic (exact) mass is 324 g/mol. The molecule has 0 saturated heterocycles. The molecule has 1 aromatic carbocycles. The van der Waals surface area contributed by atoms with Crippen molar-refractivity contribution in [2.24, 2.45) is 0 Å². The molecular formula is C19H24N4O. The Morgan fingerprint density at radius 1 is 1.21 bits per heavy atom. The average Bonchev–Trinajstić information content (AvgIpc) is 2.88. The molecule has 0 radical (unpaired) electrons. The molecule has 24 heavy (non-hydrogen) atoms. The predicted molar refractivity (Wildman–Crippen MR) is 97.3 cm³/mol. The second kappa shape index (κ2) is 6.91. The molecule has 0 aliphatic carbocycles. The number of rotatable bonds is 6. The number of ether oxygens (including phenoxy) is 1. The minimum Gasteiger partial charge on any atom is -0.492 e. The highest BCUT2D eigenvalue weighted by molar-refractivity contribution is 5.72. The van der Waals surface area contributed by atoms with Gasteiger partial charge in [0.15, 0.2) is 5.65 Å². The Morgan fingerprint density at radius 3 is 2.79 bits per heavy atom. The van der Waals surface area contributed by atoms with E-state index in [4.69, 9.17) is 15.5 Å². The third-order valence-electron chi connectivity index (χ3n) is 4.10. The maximum atomic E-state index is 5.89. The van der Waals surface area contributed by atoms with Crippen LogP contribution in [0.2, 0.25) is 0 Å². The molecule has 126 valence electrons. The lowest BCUT2D eigenvalue weighted by molar-refractivity contribution is 0.297. The predicted octanol–water partition coefficient (Wildman–Crippen LogP) is 3.66. The molecular weight excluding hydrogens is 300 g/mol. The molecule has 0 unspecified atom stereocenters. The fourth-order valence-electron chi connectivity index (χ4n) is 2.80. The highest BCUT2D eigenvalue weighted by Crippen LogP contribution is 2.20. The first-order chi connectivity index (χ1) is 11.6. The Morgan fingerprint density at radius 2 is 2.04 bits per heavy atom. The lowest BCUT2D eigenvalue weighted by Crippen LogP contribution is -2.12. The Kier molecular flexibility index (Phi) is 4.69. The topological polar surface area (TPSA) is 66.0 Å². The van der Waals surface area contributed by atoms with E-state index in [1.807, 2.05) is 38.2 Å². The number of nitrogen functional groups attached to an aromatic ring is 1. The van der Waals surface area contributed by atoms with Crippen LogP contribution in [0.4, 0.5) is 5.69 Å². The molecule has 0 spiro atoms. The Balaban J connectivity index is 1.78. The molecule has 0 aliphatic rings. The van der Waals surface area contributed by atoms with Gasteiger partial charge in [0.05, 0.1) is 6.54 Å². The normalized spacial score (nSPS) is 11.1. The number of pyridine rings is 1. The van der Waals surface area contributed by atoms with Crippen molar-refractivity contribution in [3.8, 4) is 5.75 Å². The van der Waals surface area contributed by atoms with Crippen LogP contribution in [0.3, 0.4) is 0 Å². The van der Waals surface area contributed by atoms with Crippen LogP contribution in [0.1, 0.15) is 30.3 Å². The molecule has 0 atom stereocenters. The van der Waals surface area contributed by atoms with E-state index in [1.165, 1.54) is 0 Å². The van der Waals surface area contributed by atoms with E-state index in [1.54, 1.807) is 0 Å². The van der Waals surface area contributed by atoms with E-state index < -0.39 is 0 Å². The molecule has 2 heterocycles. The van der Waals surface area contributed by atoms with Crippen LogP contribution in [0.25, 0.3) is 11.2 Å². The highest BCUT2D eigenvalue weighted by atomic mass is 16.5. The van der Waals surface area contributed by atoms with Crippen molar-refractivity contribution in [2.45, 2.75) is 40.2 Å². The van der Waals surface area contributed by atoms with Gasteiger partial charge in [0.1, 0.15) is 23.7 Å². The van der Waals surface area contributed by atoms with E-state index in [0.717, 1.165) is 58.9 Å².